The van der Waals surface area contributed by atoms with Gasteiger partial charge in [0.15, 0.2) is 9.84 Å². The number of hydrogen-bond donors (Lipinski definition) is 2. The van der Waals surface area contributed by atoms with Crippen LogP contribution in [0.25, 0.3) is 0 Å². The first-order valence-electron chi connectivity index (χ1n) is 10.5. The van der Waals surface area contributed by atoms with Crippen molar-refractivity contribution in [1.82, 2.24) is 10.6 Å². The van der Waals surface area contributed by atoms with Crippen molar-refractivity contribution in [2.75, 3.05) is 11.5 Å². The molecule has 2 unspecified atom stereocenters. The third kappa shape index (κ3) is 3.76. The second kappa shape index (κ2) is 6.75. The van der Waals surface area contributed by atoms with Crippen LogP contribution >= 0.6 is 0 Å². The molecule has 6 nitrogen and oxygen atoms in total. The van der Waals surface area contributed by atoms with E-state index in [0.29, 0.717) is 24.2 Å². The zero-order chi connectivity index (χ0) is 19.4. The lowest BCUT2D eigenvalue weighted by molar-refractivity contribution is -0.149. The van der Waals surface area contributed by atoms with Crippen LogP contribution in [0.3, 0.4) is 0 Å². The van der Waals surface area contributed by atoms with Gasteiger partial charge in [-0.05, 0) is 68.6 Å². The number of carbonyl (C=O) groups excluding carboxylic acids is 2. The van der Waals surface area contributed by atoms with Crippen molar-refractivity contribution >= 4 is 21.7 Å². The zero-order valence-electron chi connectivity index (χ0n) is 16.4. The fourth-order valence-electron chi connectivity index (χ4n) is 6.42. The molecule has 7 heteroatoms. The van der Waals surface area contributed by atoms with Gasteiger partial charge < -0.3 is 10.6 Å². The lowest BCUT2D eigenvalue weighted by Gasteiger charge is -2.55. The molecule has 0 spiro atoms. The molecule has 0 aromatic heterocycles. The Balaban J connectivity index is 1.42. The number of hydrogen-bond acceptors (Lipinski definition) is 4. The Labute approximate surface area is 162 Å². The highest BCUT2D eigenvalue weighted by atomic mass is 32.2. The van der Waals surface area contributed by atoms with Gasteiger partial charge in [-0.2, -0.15) is 0 Å². The van der Waals surface area contributed by atoms with E-state index in [1.54, 1.807) is 0 Å². The number of sulfone groups is 1. The highest BCUT2D eigenvalue weighted by Gasteiger charge is 2.55. The lowest BCUT2D eigenvalue weighted by atomic mass is 9.49. The largest absolute Gasteiger partial charge is 0.351 e. The Morgan fingerprint density at radius 3 is 2.00 bits per heavy atom. The Kier molecular flexibility index (Phi) is 4.80. The summed E-state index contributed by atoms with van der Waals surface area (Å²) >= 11 is 0. The number of carbonyl (C=O) groups is 2. The molecule has 2 amide bonds. The molecule has 0 aromatic carbocycles. The first-order valence-corrected chi connectivity index (χ1v) is 12.3. The highest BCUT2D eigenvalue weighted by molar-refractivity contribution is 7.91. The molecule has 0 radical (unpaired) electrons. The van der Waals surface area contributed by atoms with Gasteiger partial charge in [0.2, 0.25) is 11.8 Å². The van der Waals surface area contributed by atoms with E-state index in [1.165, 1.54) is 19.3 Å². The topological polar surface area (TPSA) is 92.3 Å². The van der Waals surface area contributed by atoms with E-state index in [-0.39, 0.29) is 40.7 Å². The summed E-state index contributed by atoms with van der Waals surface area (Å²) in [4.78, 5) is 26.1. The standard InChI is InChI=1S/C20H32N2O4S/c1-12(2)17(18(23)21-16-3-4-27(25,26)11-16)22-19(24)20-8-13-5-14(9-20)7-15(6-13)10-20/h12-17H,3-11H2,1-2H3,(H,21,23)(H,22,24). The van der Waals surface area contributed by atoms with E-state index in [0.717, 1.165) is 19.3 Å². The van der Waals surface area contributed by atoms with E-state index < -0.39 is 15.9 Å². The predicted molar refractivity (Wildman–Crippen MR) is 103 cm³/mol. The van der Waals surface area contributed by atoms with E-state index in [4.69, 9.17) is 0 Å². The van der Waals surface area contributed by atoms with Gasteiger partial charge in [0, 0.05) is 11.5 Å². The van der Waals surface area contributed by atoms with E-state index in [2.05, 4.69) is 10.6 Å². The third-order valence-electron chi connectivity index (χ3n) is 7.33. The monoisotopic (exact) mass is 396 g/mol. The van der Waals surface area contributed by atoms with Crippen molar-refractivity contribution in [2.45, 2.75) is 70.9 Å². The van der Waals surface area contributed by atoms with Crippen LogP contribution in [0.1, 0.15) is 58.8 Å². The van der Waals surface area contributed by atoms with Crippen LogP contribution in [-0.2, 0) is 19.4 Å². The van der Waals surface area contributed by atoms with Crippen LogP contribution in [0, 0.1) is 29.1 Å². The van der Waals surface area contributed by atoms with Crippen LogP contribution in [0.5, 0.6) is 0 Å². The molecule has 4 aliphatic carbocycles. The lowest BCUT2D eigenvalue weighted by Crippen LogP contribution is -2.59. The summed E-state index contributed by atoms with van der Waals surface area (Å²) in [5, 5.41) is 5.93. The highest BCUT2D eigenvalue weighted by Crippen LogP contribution is 2.60. The quantitative estimate of drug-likeness (QED) is 0.739. The first kappa shape index (κ1) is 19.2. The molecule has 152 valence electrons. The normalized spacial score (nSPS) is 40.1. The summed E-state index contributed by atoms with van der Waals surface area (Å²) in [6.45, 7) is 3.85. The minimum absolute atomic E-state index is 0.00643. The zero-order valence-corrected chi connectivity index (χ0v) is 17.2. The van der Waals surface area contributed by atoms with Crippen molar-refractivity contribution in [3.05, 3.63) is 0 Å². The minimum atomic E-state index is -3.04. The van der Waals surface area contributed by atoms with E-state index in [1.807, 2.05) is 13.8 Å². The Morgan fingerprint density at radius 1 is 1.00 bits per heavy atom. The molecule has 27 heavy (non-hydrogen) atoms. The van der Waals surface area contributed by atoms with Gasteiger partial charge in [0.25, 0.3) is 0 Å². The van der Waals surface area contributed by atoms with Crippen LogP contribution < -0.4 is 10.6 Å². The fourth-order valence-corrected chi connectivity index (χ4v) is 8.09. The van der Waals surface area contributed by atoms with Crippen LogP contribution in [0.4, 0.5) is 0 Å². The van der Waals surface area contributed by atoms with Crippen LogP contribution in [0.2, 0.25) is 0 Å². The molecular formula is C20H32N2O4S. The number of nitrogens with one attached hydrogen (secondary N) is 2. The average Bonchev–Trinajstić information content (AvgIpc) is 2.89. The van der Waals surface area contributed by atoms with Gasteiger partial charge >= 0.3 is 0 Å². The van der Waals surface area contributed by atoms with Crippen LogP contribution in [0.15, 0.2) is 0 Å². The summed E-state index contributed by atoms with van der Waals surface area (Å²) in [5.41, 5.74) is -0.279. The molecule has 2 N–H and O–H groups in total. The Bertz CT molecular complexity index is 695. The maximum absolute atomic E-state index is 13.3. The van der Waals surface area contributed by atoms with Crippen molar-refractivity contribution in [1.29, 1.82) is 0 Å². The molecule has 5 fully saturated rings. The molecule has 0 aromatic rings. The summed E-state index contributed by atoms with van der Waals surface area (Å²) in [5.74, 6) is 1.93. The molecule has 1 aliphatic heterocycles. The molecular weight excluding hydrogens is 364 g/mol. The van der Waals surface area contributed by atoms with Gasteiger partial charge in [-0.1, -0.05) is 13.8 Å². The molecule has 2 atom stereocenters. The molecule has 5 rings (SSSR count). The Hall–Kier alpha value is -1.11. The molecule has 4 saturated carbocycles. The third-order valence-corrected chi connectivity index (χ3v) is 9.10. The molecule has 1 heterocycles. The summed E-state index contributed by atoms with van der Waals surface area (Å²) < 4.78 is 23.3. The minimum Gasteiger partial charge on any atom is -0.351 e. The fraction of sp³-hybridized carbons (Fsp3) is 0.900. The number of rotatable bonds is 5. The predicted octanol–water partition coefficient (Wildman–Crippen LogP) is 1.65. The maximum Gasteiger partial charge on any atom is 0.243 e. The van der Waals surface area contributed by atoms with Gasteiger partial charge in [-0.3, -0.25) is 9.59 Å². The van der Waals surface area contributed by atoms with Crippen molar-refractivity contribution < 1.29 is 18.0 Å². The first-order chi connectivity index (χ1) is 12.7. The SMILES string of the molecule is CC(C)C(NC(=O)C12CC3CC(CC(C3)C1)C2)C(=O)NC1CCS(=O)(=O)C1. The van der Waals surface area contributed by atoms with Gasteiger partial charge in [0.05, 0.1) is 11.5 Å². The van der Waals surface area contributed by atoms with Gasteiger partial charge in [-0.25, -0.2) is 8.42 Å². The molecule has 5 aliphatic rings. The Morgan fingerprint density at radius 2 is 1.56 bits per heavy atom. The van der Waals surface area contributed by atoms with Crippen molar-refractivity contribution in [3.8, 4) is 0 Å². The molecule has 1 saturated heterocycles. The van der Waals surface area contributed by atoms with Gasteiger partial charge in [-0.15, -0.1) is 0 Å². The van der Waals surface area contributed by atoms with Crippen LogP contribution in [-0.4, -0.2) is 43.8 Å². The maximum atomic E-state index is 13.3. The number of amides is 2. The summed E-state index contributed by atoms with van der Waals surface area (Å²) in [6, 6.07) is -0.936. The summed E-state index contributed by atoms with van der Waals surface area (Å²) in [6.07, 6.45) is 7.19. The van der Waals surface area contributed by atoms with Crippen molar-refractivity contribution in [2.24, 2.45) is 29.1 Å². The molecule has 4 bridgehead atoms. The second-order valence-electron chi connectivity index (χ2n) is 10.0. The van der Waals surface area contributed by atoms with E-state index >= 15 is 0 Å². The van der Waals surface area contributed by atoms with E-state index in [9.17, 15) is 18.0 Å². The summed E-state index contributed by atoms with van der Waals surface area (Å²) in [7, 11) is -3.04. The average molecular weight is 397 g/mol. The van der Waals surface area contributed by atoms with Gasteiger partial charge in [0.1, 0.15) is 6.04 Å². The smallest absolute Gasteiger partial charge is 0.243 e. The second-order valence-corrected chi connectivity index (χ2v) is 12.2. The van der Waals surface area contributed by atoms with Crippen molar-refractivity contribution in [3.63, 3.8) is 0 Å².